The summed E-state index contributed by atoms with van der Waals surface area (Å²) in [6.07, 6.45) is 0.555. The maximum absolute atomic E-state index is 14.3. The van der Waals surface area contributed by atoms with Gasteiger partial charge in [0.1, 0.15) is 10.7 Å². The summed E-state index contributed by atoms with van der Waals surface area (Å²) in [5.74, 6) is -2.42. The lowest BCUT2D eigenvalue weighted by Gasteiger charge is -2.22. The molecule has 0 saturated carbocycles. The predicted molar refractivity (Wildman–Crippen MR) is 84.3 cm³/mol. The number of carbonyl (C=O) groups is 2. The number of ether oxygens (including phenoxy) is 1. The molecule has 132 valence electrons. The number of fused-ring (bicyclic) bond motifs is 1. The van der Waals surface area contributed by atoms with Crippen molar-refractivity contribution < 1.29 is 27.1 Å². The Balaban J connectivity index is 2.32. The van der Waals surface area contributed by atoms with Gasteiger partial charge in [0, 0.05) is 25.7 Å². The highest BCUT2D eigenvalue weighted by molar-refractivity contribution is 7.89. The van der Waals surface area contributed by atoms with E-state index in [0.29, 0.717) is 12.0 Å². The molecule has 1 N–H and O–H groups in total. The molecule has 0 aliphatic carbocycles. The number of hydrogen-bond donors (Lipinski definition) is 1. The van der Waals surface area contributed by atoms with Gasteiger partial charge >= 0.3 is 5.97 Å². The van der Waals surface area contributed by atoms with Crippen molar-refractivity contribution in [1.29, 1.82) is 0 Å². The summed E-state index contributed by atoms with van der Waals surface area (Å²) in [5, 5.41) is 2.51. The number of aryl methyl sites for hydroxylation is 1. The van der Waals surface area contributed by atoms with E-state index in [1.54, 1.807) is 0 Å². The number of rotatable bonds is 5. The minimum absolute atomic E-state index is 0.137. The standard InChI is InChI=1S/C15H19FN2O5S/c1-9(15(20)23-3)8-18(2)24(21,22)13-6-10-4-5-14(19)17-12(10)7-11(13)16/h6-7,9H,4-5,8H2,1-3H3,(H,17,19). The number of amides is 1. The highest BCUT2D eigenvalue weighted by Gasteiger charge is 2.29. The van der Waals surface area contributed by atoms with Gasteiger partial charge in [0.05, 0.1) is 13.0 Å². The van der Waals surface area contributed by atoms with E-state index in [4.69, 9.17) is 0 Å². The molecule has 0 radical (unpaired) electrons. The van der Waals surface area contributed by atoms with Gasteiger partial charge in [0.15, 0.2) is 0 Å². The molecule has 1 amide bonds. The van der Waals surface area contributed by atoms with Crippen LogP contribution in [-0.4, -0.2) is 45.3 Å². The van der Waals surface area contributed by atoms with E-state index in [1.165, 1.54) is 27.1 Å². The second-order valence-corrected chi connectivity index (χ2v) is 7.71. The molecule has 1 aromatic carbocycles. The second-order valence-electron chi connectivity index (χ2n) is 5.70. The van der Waals surface area contributed by atoms with E-state index < -0.39 is 32.6 Å². The van der Waals surface area contributed by atoms with Gasteiger partial charge in [-0.25, -0.2) is 12.8 Å². The molecule has 1 atom stereocenters. The fraction of sp³-hybridized carbons (Fsp3) is 0.467. The number of hydrogen-bond acceptors (Lipinski definition) is 5. The van der Waals surface area contributed by atoms with Crippen molar-refractivity contribution in [3.63, 3.8) is 0 Å². The fourth-order valence-corrected chi connectivity index (χ4v) is 3.86. The summed E-state index contributed by atoms with van der Waals surface area (Å²) in [6.45, 7) is 1.39. The molecule has 0 aromatic heterocycles. The first-order chi connectivity index (χ1) is 11.2. The Kier molecular flexibility index (Phi) is 5.24. The Morgan fingerprint density at radius 3 is 2.71 bits per heavy atom. The number of benzene rings is 1. The third kappa shape index (κ3) is 3.57. The zero-order valence-corrected chi connectivity index (χ0v) is 14.4. The van der Waals surface area contributed by atoms with Crippen molar-refractivity contribution >= 4 is 27.6 Å². The van der Waals surface area contributed by atoms with Crippen molar-refractivity contribution in [3.8, 4) is 0 Å². The Labute approximate surface area is 139 Å². The quantitative estimate of drug-likeness (QED) is 0.797. The monoisotopic (exact) mass is 358 g/mol. The highest BCUT2D eigenvalue weighted by atomic mass is 32.2. The van der Waals surface area contributed by atoms with Gasteiger partial charge < -0.3 is 10.1 Å². The molecular formula is C15H19FN2O5S. The molecule has 0 bridgehead atoms. The lowest BCUT2D eigenvalue weighted by molar-refractivity contribution is -0.145. The number of sulfonamides is 1. The first-order valence-corrected chi connectivity index (χ1v) is 8.77. The lowest BCUT2D eigenvalue weighted by Crippen LogP contribution is -2.34. The van der Waals surface area contributed by atoms with Gasteiger partial charge in [-0.05, 0) is 24.1 Å². The summed E-state index contributed by atoms with van der Waals surface area (Å²) in [5.41, 5.74) is 0.845. The molecule has 9 heteroatoms. The zero-order chi connectivity index (χ0) is 18.1. The van der Waals surface area contributed by atoms with Crippen molar-refractivity contribution in [2.24, 2.45) is 5.92 Å². The second kappa shape index (κ2) is 6.86. The molecular weight excluding hydrogens is 339 g/mol. The Morgan fingerprint density at radius 1 is 1.42 bits per heavy atom. The lowest BCUT2D eigenvalue weighted by atomic mass is 10.0. The van der Waals surface area contributed by atoms with Crippen LogP contribution in [0.4, 0.5) is 10.1 Å². The minimum Gasteiger partial charge on any atom is -0.469 e. The van der Waals surface area contributed by atoms with Crippen molar-refractivity contribution in [1.82, 2.24) is 4.31 Å². The number of methoxy groups -OCH3 is 1. The molecule has 0 saturated heterocycles. The summed E-state index contributed by atoms with van der Waals surface area (Å²) >= 11 is 0. The fourth-order valence-electron chi connectivity index (χ4n) is 2.50. The van der Waals surface area contributed by atoms with E-state index in [9.17, 15) is 22.4 Å². The van der Waals surface area contributed by atoms with Crippen molar-refractivity contribution in [2.45, 2.75) is 24.7 Å². The normalized spacial score (nSPS) is 15.6. The van der Waals surface area contributed by atoms with Gasteiger partial charge in [-0.1, -0.05) is 6.92 Å². The van der Waals surface area contributed by atoms with Crippen LogP contribution >= 0.6 is 0 Å². The Morgan fingerprint density at radius 2 is 2.08 bits per heavy atom. The first kappa shape index (κ1) is 18.3. The maximum atomic E-state index is 14.3. The van der Waals surface area contributed by atoms with Gasteiger partial charge in [-0.15, -0.1) is 0 Å². The molecule has 1 aromatic rings. The topological polar surface area (TPSA) is 92.8 Å². The van der Waals surface area contributed by atoms with E-state index in [1.807, 2.05) is 0 Å². The number of esters is 1. The van der Waals surface area contributed by atoms with Crippen molar-refractivity contribution in [2.75, 3.05) is 26.0 Å². The number of carbonyl (C=O) groups excluding carboxylic acids is 2. The Hall–Kier alpha value is -2.00. The van der Waals surface area contributed by atoms with Crippen LogP contribution in [0.1, 0.15) is 18.9 Å². The zero-order valence-electron chi connectivity index (χ0n) is 13.6. The first-order valence-electron chi connectivity index (χ1n) is 7.33. The van der Waals surface area contributed by atoms with Gasteiger partial charge in [0.2, 0.25) is 15.9 Å². The third-order valence-corrected chi connectivity index (χ3v) is 5.71. The molecule has 7 nitrogen and oxygen atoms in total. The summed E-state index contributed by atoms with van der Waals surface area (Å²) in [7, 11) is -1.63. The van der Waals surface area contributed by atoms with Crippen LogP contribution in [0.25, 0.3) is 0 Å². The Bertz CT molecular complexity index is 778. The van der Waals surface area contributed by atoms with Crippen LogP contribution in [0.5, 0.6) is 0 Å². The average molecular weight is 358 g/mol. The number of nitrogens with zero attached hydrogens (tertiary/aromatic N) is 1. The van der Waals surface area contributed by atoms with E-state index in [-0.39, 0.29) is 24.6 Å². The van der Waals surface area contributed by atoms with E-state index in [2.05, 4.69) is 10.1 Å². The van der Waals surface area contributed by atoms with Crippen LogP contribution in [0.3, 0.4) is 0 Å². The molecule has 0 spiro atoms. The van der Waals surface area contributed by atoms with Crippen LogP contribution in [0.2, 0.25) is 0 Å². The van der Waals surface area contributed by atoms with E-state index >= 15 is 0 Å². The summed E-state index contributed by atoms with van der Waals surface area (Å²) in [6, 6.07) is 2.25. The number of halogens is 1. The molecule has 1 aliphatic rings. The average Bonchev–Trinajstić information content (AvgIpc) is 2.52. The predicted octanol–water partition coefficient (Wildman–Crippen LogP) is 1.14. The molecule has 1 heterocycles. The highest BCUT2D eigenvalue weighted by Crippen LogP contribution is 2.29. The smallest absolute Gasteiger partial charge is 0.309 e. The number of nitrogens with one attached hydrogen (secondary N) is 1. The summed E-state index contributed by atoms with van der Waals surface area (Å²) < 4.78 is 44.9. The van der Waals surface area contributed by atoms with Crippen LogP contribution in [0.15, 0.2) is 17.0 Å². The van der Waals surface area contributed by atoms with Crippen LogP contribution in [0, 0.1) is 11.7 Å². The third-order valence-electron chi connectivity index (χ3n) is 3.88. The molecule has 1 unspecified atom stereocenters. The van der Waals surface area contributed by atoms with Gasteiger partial charge in [-0.2, -0.15) is 4.31 Å². The molecule has 2 rings (SSSR count). The maximum Gasteiger partial charge on any atom is 0.309 e. The van der Waals surface area contributed by atoms with Crippen LogP contribution in [-0.2, 0) is 30.8 Å². The van der Waals surface area contributed by atoms with Gasteiger partial charge in [0.25, 0.3) is 0 Å². The molecule has 1 aliphatic heterocycles. The SMILES string of the molecule is COC(=O)C(C)CN(C)S(=O)(=O)c1cc2c(cc1F)NC(=O)CC2. The largest absolute Gasteiger partial charge is 0.469 e. The van der Waals surface area contributed by atoms with E-state index in [0.717, 1.165) is 10.4 Å². The van der Waals surface area contributed by atoms with Crippen LogP contribution < -0.4 is 5.32 Å². The molecule has 24 heavy (non-hydrogen) atoms. The number of anilines is 1. The minimum atomic E-state index is -4.12. The molecule has 0 fully saturated rings. The van der Waals surface area contributed by atoms with Gasteiger partial charge in [-0.3, -0.25) is 9.59 Å². The summed E-state index contributed by atoms with van der Waals surface area (Å²) in [4.78, 5) is 22.3. The van der Waals surface area contributed by atoms with Crippen molar-refractivity contribution in [3.05, 3.63) is 23.5 Å².